The van der Waals surface area contributed by atoms with E-state index in [0.29, 0.717) is 18.3 Å². The number of aliphatic hydroxyl groups is 1. The molecule has 1 aromatic heterocycles. The van der Waals surface area contributed by atoms with Crippen LogP contribution in [0.3, 0.4) is 0 Å². The predicted molar refractivity (Wildman–Crippen MR) is 112 cm³/mol. The van der Waals surface area contributed by atoms with Crippen LogP contribution in [0.1, 0.15) is 69.1 Å². The Morgan fingerprint density at radius 2 is 1.85 bits per heavy atom. The lowest BCUT2D eigenvalue weighted by Gasteiger charge is -2.22. The molecule has 4 heteroatoms. The normalized spacial score (nSPS) is 22.5. The van der Waals surface area contributed by atoms with Crippen molar-refractivity contribution in [2.75, 3.05) is 0 Å². The molecule has 1 fully saturated rings. The highest BCUT2D eigenvalue weighted by atomic mass is 32.1. The first-order valence-electron chi connectivity index (χ1n) is 10.5. The molecule has 0 radical (unpaired) electrons. The Hall–Kier alpha value is -1.39. The molecule has 0 amide bonds. The topological polar surface area (TPSA) is 57.5 Å². The van der Waals surface area contributed by atoms with E-state index in [9.17, 15) is 9.90 Å². The minimum atomic E-state index is -0.687. The molecule has 1 aromatic carbocycles. The number of hydrogen-bond donors (Lipinski definition) is 2. The second-order valence-electron chi connectivity index (χ2n) is 8.06. The number of aryl methyl sites for hydroxylation is 1. The number of fused-ring (bicyclic) bond motifs is 1. The zero-order valence-corrected chi connectivity index (χ0v) is 16.9. The zero-order valence-electron chi connectivity index (χ0n) is 16.1. The molecule has 1 saturated carbocycles. The maximum atomic E-state index is 10.5. The van der Waals surface area contributed by atoms with Crippen LogP contribution in [-0.4, -0.2) is 22.3 Å². The second kappa shape index (κ2) is 10.2. The van der Waals surface area contributed by atoms with Gasteiger partial charge in [0.05, 0.1) is 6.10 Å². The highest BCUT2D eigenvalue weighted by Gasteiger charge is 2.33. The van der Waals surface area contributed by atoms with Crippen molar-refractivity contribution in [3.63, 3.8) is 0 Å². The summed E-state index contributed by atoms with van der Waals surface area (Å²) in [6, 6.07) is 10.9. The standard InChI is InChI=1S/C23H32O3S/c24-21-15-14-17(8-3-1-2-4-13-23(25)26)20(21)11-7-10-19-16-18-9-5-6-12-22(18)27-19/h5-6,9,12,16-17,20-21,24H,1-4,7-8,10-11,13-15H2,(H,25,26)/t17-,20+,21+/m0/s1. The van der Waals surface area contributed by atoms with Gasteiger partial charge in [-0.25, -0.2) is 0 Å². The first kappa shape index (κ1) is 20.3. The number of thiophene rings is 1. The fourth-order valence-corrected chi connectivity index (χ4v) is 5.73. The Kier molecular flexibility index (Phi) is 7.71. The van der Waals surface area contributed by atoms with Gasteiger partial charge in [-0.3, -0.25) is 4.79 Å². The first-order chi connectivity index (χ1) is 13.1. The van der Waals surface area contributed by atoms with E-state index >= 15 is 0 Å². The molecule has 2 N–H and O–H groups in total. The van der Waals surface area contributed by atoms with Gasteiger partial charge in [-0.05, 0) is 67.9 Å². The van der Waals surface area contributed by atoms with E-state index in [4.69, 9.17) is 5.11 Å². The third-order valence-corrected chi connectivity index (χ3v) is 7.26. The minimum Gasteiger partial charge on any atom is -0.481 e. The molecule has 2 aromatic rings. The Morgan fingerprint density at radius 3 is 2.67 bits per heavy atom. The second-order valence-corrected chi connectivity index (χ2v) is 9.23. The number of aliphatic carboxylic acids is 1. The SMILES string of the molecule is O=C(O)CCCCCC[C@H]1CC[C@@H](O)[C@@H]1CCCc1cc2ccccc2s1. The van der Waals surface area contributed by atoms with Gasteiger partial charge in [-0.1, -0.05) is 43.9 Å². The summed E-state index contributed by atoms with van der Waals surface area (Å²) in [4.78, 5) is 12.0. The number of rotatable bonds is 11. The lowest BCUT2D eigenvalue weighted by Crippen LogP contribution is -2.19. The molecular weight excluding hydrogens is 356 g/mol. The molecule has 0 bridgehead atoms. The summed E-state index contributed by atoms with van der Waals surface area (Å²) in [7, 11) is 0. The molecule has 3 nitrogen and oxygen atoms in total. The number of carbonyl (C=O) groups is 1. The van der Waals surface area contributed by atoms with Crippen molar-refractivity contribution in [1.82, 2.24) is 0 Å². The van der Waals surface area contributed by atoms with Crippen molar-refractivity contribution >= 4 is 27.4 Å². The van der Waals surface area contributed by atoms with Crippen LogP contribution in [0.25, 0.3) is 10.1 Å². The molecular formula is C23H32O3S. The van der Waals surface area contributed by atoms with E-state index in [1.54, 1.807) is 0 Å². The largest absolute Gasteiger partial charge is 0.481 e. The van der Waals surface area contributed by atoms with E-state index < -0.39 is 5.97 Å². The summed E-state index contributed by atoms with van der Waals surface area (Å²) >= 11 is 1.90. The van der Waals surface area contributed by atoms with Gasteiger partial charge in [0.15, 0.2) is 0 Å². The Bertz CT molecular complexity index is 690. The highest BCUT2D eigenvalue weighted by molar-refractivity contribution is 7.19. The molecule has 0 aliphatic heterocycles. The number of carboxylic acids is 1. The van der Waals surface area contributed by atoms with Crippen LogP contribution < -0.4 is 0 Å². The van der Waals surface area contributed by atoms with Crippen LogP contribution >= 0.6 is 11.3 Å². The minimum absolute atomic E-state index is 0.121. The lowest BCUT2D eigenvalue weighted by atomic mass is 9.86. The van der Waals surface area contributed by atoms with E-state index in [1.807, 2.05) is 11.3 Å². The Labute approximate surface area is 166 Å². The maximum absolute atomic E-state index is 10.5. The number of benzene rings is 1. The van der Waals surface area contributed by atoms with Gasteiger partial charge in [-0.15, -0.1) is 11.3 Å². The molecule has 1 aliphatic carbocycles. The van der Waals surface area contributed by atoms with Crippen LogP contribution in [-0.2, 0) is 11.2 Å². The van der Waals surface area contributed by atoms with Crippen molar-refractivity contribution in [3.8, 4) is 0 Å². The summed E-state index contributed by atoms with van der Waals surface area (Å²) < 4.78 is 1.37. The molecule has 0 spiro atoms. The van der Waals surface area contributed by atoms with Gasteiger partial charge in [0.1, 0.15) is 0 Å². The third-order valence-electron chi connectivity index (χ3n) is 6.09. The highest BCUT2D eigenvalue weighted by Crippen LogP contribution is 2.39. The summed E-state index contributed by atoms with van der Waals surface area (Å²) in [6.45, 7) is 0. The summed E-state index contributed by atoms with van der Waals surface area (Å²) in [5.74, 6) is 0.424. The molecule has 148 valence electrons. The molecule has 3 atom stereocenters. The van der Waals surface area contributed by atoms with E-state index in [1.165, 1.54) is 27.8 Å². The number of carboxylic acid groups (broad SMARTS) is 1. The molecule has 1 heterocycles. The molecule has 27 heavy (non-hydrogen) atoms. The number of aliphatic hydroxyl groups excluding tert-OH is 1. The fraction of sp³-hybridized carbons (Fsp3) is 0.609. The monoisotopic (exact) mass is 388 g/mol. The van der Waals surface area contributed by atoms with E-state index in [2.05, 4.69) is 30.3 Å². The van der Waals surface area contributed by atoms with Gasteiger partial charge >= 0.3 is 5.97 Å². The Morgan fingerprint density at radius 1 is 1.04 bits per heavy atom. The third kappa shape index (κ3) is 6.05. The van der Waals surface area contributed by atoms with Gasteiger partial charge < -0.3 is 10.2 Å². The quantitative estimate of drug-likeness (QED) is 0.462. The lowest BCUT2D eigenvalue weighted by molar-refractivity contribution is -0.137. The molecule has 3 rings (SSSR count). The summed E-state index contributed by atoms with van der Waals surface area (Å²) in [5.41, 5.74) is 0. The van der Waals surface area contributed by atoms with Crippen molar-refractivity contribution < 1.29 is 15.0 Å². The van der Waals surface area contributed by atoms with Gasteiger partial charge in [0, 0.05) is 16.0 Å². The van der Waals surface area contributed by atoms with Gasteiger partial charge in [0.2, 0.25) is 0 Å². The average molecular weight is 389 g/mol. The van der Waals surface area contributed by atoms with Crippen LogP contribution in [0.4, 0.5) is 0 Å². The van der Waals surface area contributed by atoms with Crippen LogP contribution in [0, 0.1) is 11.8 Å². The average Bonchev–Trinajstić information content (AvgIpc) is 3.21. The van der Waals surface area contributed by atoms with Gasteiger partial charge in [-0.2, -0.15) is 0 Å². The molecule has 0 saturated heterocycles. The first-order valence-corrected chi connectivity index (χ1v) is 11.3. The maximum Gasteiger partial charge on any atom is 0.303 e. The van der Waals surface area contributed by atoms with Crippen molar-refractivity contribution in [2.24, 2.45) is 11.8 Å². The smallest absolute Gasteiger partial charge is 0.303 e. The number of hydrogen-bond acceptors (Lipinski definition) is 3. The zero-order chi connectivity index (χ0) is 19.1. The number of unbranched alkanes of at least 4 members (excludes halogenated alkanes) is 3. The van der Waals surface area contributed by atoms with Crippen LogP contribution in [0.5, 0.6) is 0 Å². The molecule has 1 aliphatic rings. The van der Waals surface area contributed by atoms with Crippen LogP contribution in [0.15, 0.2) is 30.3 Å². The van der Waals surface area contributed by atoms with Crippen LogP contribution in [0.2, 0.25) is 0 Å². The fourth-order valence-electron chi connectivity index (χ4n) is 4.62. The molecule has 0 unspecified atom stereocenters. The van der Waals surface area contributed by atoms with Crippen molar-refractivity contribution in [3.05, 3.63) is 35.2 Å². The summed E-state index contributed by atoms with van der Waals surface area (Å²) in [5, 5.41) is 20.4. The van der Waals surface area contributed by atoms with Crippen molar-refractivity contribution in [1.29, 1.82) is 0 Å². The van der Waals surface area contributed by atoms with E-state index in [0.717, 1.165) is 51.4 Å². The van der Waals surface area contributed by atoms with Crippen molar-refractivity contribution in [2.45, 2.75) is 76.7 Å². The summed E-state index contributed by atoms with van der Waals surface area (Å²) in [6.07, 6.45) is 11.0. The predicted octanol–water partition coefficient (Wildman–Crippen LogP) is 6.04. The Balaban J connectivity index is 1.38. The van der Waals surface area contributed by atoms with Gasteiger partial charge in [0.25, 0.3) is 0 Å². The van der Waals surface area contributed by atoms with E-state index in [-0.39, 0.29) is 6.10 Å².